The van der Waals surface area contributed by atoms with Crippen molar-refractivity contribution in [3.05, 3.63) is 162 Å². The summed E-state index contributed by atoms with van der Waals surface area (Å²) >= 11 is 0. The molecule has 4 heteroatoms. The van der Waals surface area contributed by atoms with E-state index in [0.717, 1.165) is 52.1 Å². The first-order chi connectivity index (χ1) is 20.6. The molecule has 3 aliphatic rings. The monoisotopic (exact) mass is 549 g/mol. The van der Waals surface area contributed by atoms with Crippen LogP contribution in [0.3, 0.4) is 0 Å². The minimum absolute atomic E-state index is 0.0526. The van der Waals surface area contributed by atoms with Crippen molar-refractivity contribution in [2.45, 2.75) is 24.7 Å². The summed E-state index contributed by atoms with van der Waals surface area (Å²) in [5.41, 5.74) is 5.67. The Morgan fingerprint density at radius 2 is 1.52 bits per heavy atom. The number of anilines is 2. The predicted octanol–water partition coefficient (Wildman–Crippen LogP) is 8.64. The average molecular weight is 550 g/mol. The zero-order chi connectivity index (χ0) is 28.7. The molecule has 0 aromatic heterocycles. The average Bonchev–Trinajstić information content (AvgIpc) is 3.31. The highest BCUT2D eigenvalue weighted by atomic mass is 16.3. The Kier molecular flexibility index (Phi) is 6.39. The molecule has 1 amide bonds. The lowest BCUT2D eigenvalue weighted by atomic mass is 9.63. The number of nitrogens with zero attached hydrogens (tertiary/aromatic N) is 1. The molecule has 0 saturated carbocycles. The number of aliphatic hydroxyl groups is 1. The number of hydrogen-bond acceptors (Lipinski definition) is 3. The molecule has 4 aromatic rings. The number of para-hydroxylation sites is 2. The fourth-order valence-corrected chi connectivity index (χ4v) is 6.82. The van der Waals surface area contributed by atoms with Crippen LogP contribution >= 0.6 is 0 Å². The molecular weight excluding hydrogens is 518 g/mol. The minimum atomic E-state index is -1.11. The number of phenols is 1. The van der Waals surface area contributed by atoms with Crippen molar-refractivity contribution in [3.8, 4) is 5.75 Å². The van der Waals surface area contributed by atoms with Gasteiger partial charge >= 0.3 is 0 Å². The summed E-state index contributed by atoms with van der Waals surface area (Å²) in [6.07, 6.45) is 12.4. The van der Waals surface area contributed by atoms with E-state index in [0.29, 0.717) is 12.0 Å². The van der Waals surface area contributed by atoms with E-state index in [1.54, 1.807) is 12.1 Å². The lowest BCUT2D eigenvalue weighted by molar-refractivity contribution is -0.122. The van der Waals surface area contributed by atoms with Gasteiger partial charge in [0.05, 0.1) is 5.69 Å². The van der Waals surface area contributed by atoms with E-state index < -0.39 is 5.41 Å². The first kappa shape index (κ1) is 25.8. The van der Waals surface area contributed by atoms with Crippen LogP contribution in [0.15, 0.2) is 139 Å². The van der Waals surface area contributed by atoms with E-state index in [-0.39, 0.29) is 23.3 Å². The standard InChI is InChI=1S/C38H31NO3/c40-35-22-20-28(24-31(35)26-12-4-1-5-13-26)38(29-21-23-36(41)32(25-29)27-14-6-2-7-15-27)33-18-10-11-19-34(33)39(37(38)42)30-16-8-3-9-17-30/h1,3-6,8-23,25,28,40-41H,2,7,24H2. The summed E-state index contributed by atoms with van der Waals surface area (Å²) in [4.78, 5) is 17.0. The van der Waals surface area contributed by atoms with Gasteiger partial charge in [-0.05, 0) is 77.9 Å². The highest BCUT2D eigenvalue weighted by Gasteiger charge is 2.57. The van der Waals surface area contributed by atoms with Crippen LogP contribution in [0.1, 0.15) is 41.5 Å². The molecular formula is C38H31NO3. The van der Waals surface area contributed by atoms with Crippen LogP contribution in [-0.2, 0) is 10.2 Å². The molecule has 0 fully saturated rings. The van der Waals surface area contributed by atoms with E-state index in [1.807, 2.05) is 108 Å². The molecule has 1 heterocycles. The highest BCUT2D eigenvalue weighted by Crippen LogP contribution is 2.56. The first-order valence-corrected chi connectivity index (χ1v) is 14.4. The number of carbonyl (C=O) groups excluding carboxylic acids is 1. The van der Waals surface area contributed by atoms with Crippen molar-refractivity contribution in [2.75, 3.05) is 4.90 Å². The van der Waals surface area contributed by atoms with Crippen molar-refractivity contribution >= 4 is 28.4 Å². The van der Waals surface area contributed by atoms with E-state index in [2.05, 4.69) is 18.2 Å². The Hall–Kier alpha value is -5.09. The Bertz CT molecular complexity index is 1800. The number of rotatable bonds is 5. The maximum atomic E-state index is 15.2. The van der Waals surface area contributed by atoms with E-state index in [4.69, 9.17) is 0 Å². The third kappa shape index (κ3) is 4.02. The molecule has 1 aliphatic heterocycles. The molecule has 4 nitrogen and oxygen atoms in total. The number of aromatic hydroxyl groups is 1. The molecule has 2 N–H and O–H groups in total. The lowest BCUT2D eigenvalue weighted by Crippen LogP contribution is -2.45. The zero-order valence-electron chi connectivity index (χ0n) is 23.2. The zero-order valence-corrected chi connectivity index (χ0v) is 23.2. The Morgan fingerprint density at radius 3 is 2.29 bits per heavy atom. The normalized spacial score (nSPS) is 21.4. The molecule has 0 spiro atoms. The van der Waals surface area contributed by atoms with E-state index in [9.17, 15) is 10.2 Å². The van der Waals surface area contributed by atoms with Crippen LogP contribution in [0.2, 0.25) is 0 Å². The molecule has 0 saturated heterocycles. The fraction of sp³-hybridized carbons (Fsp3) is 0.132. The van der Waals surface area contributed by atoms with E-state index in [1.165, 1.54) is 0 Å². The predicted molar refractivity (Wildman–Crippen MR) is 169 cm³/mol. The smallest absolute Gasteiger partial charge is 0.247 e. The number of aliphatic hydroxyl groups excluding tert-OH is 1. The number of benzene rings is 4. The topological polar surface area (TPSA) is 60.8 Å². The van der Waals surface area contributed by atoms with Crippen molar-refractivity contribution in [1.82, 2.24) is 0 Å². The Morgan fingerprint density at radius 1 is 0.786 bits per heavy atom. The van der Waals surface area contributed by atoms with Gasteiger partial charge in [-0.15, -0.1) is 0 Å². The van der Waals surface area contributed by atoms with Crippen molar-refractivity contribution < 1.29 is 15.0 Å². The van der Waals surface area contributed by atoms with Gasteiger partial charge in [-0.2, -0.15) is 0 Å². The van der Waals surface area contributed by atoms with Crippen LogP contribution in [0.25, 0.3) is 11.1 Å². The van der Waals surface area contributed by atoms with Gasteiger partial charge in [0.1, 0.15) is 16.9 Å². The van der Waals surface area contributed by atoms with Gasteiger partial charge in [0, 0.05) is 22.7 Å². The number of fused-ring (bicyclic) bond motifs is 1. The molecule has 2 aliphatic carbocycles. The summed E-state index contributed by atoms with van der Waals surface area (Å²) in [5, 5.41) is 22.0. The molecule has 0 radical (unpaired) electrons. The van der Waals surface area contributed by atoms with Crippen LogP contribution in [0.4, 0.5) is 11.4 Å². The van der Waals surface area contributed by atoms with Gasteiger partial charge in [0.15, 0.2) is 0 Å². The van der Waals surface area contributed by atoms with Gasteiger partial charge in [0.25, 0.3) is 0 Å². The Labute approximate surface area is 245 Å². The third-order valence-corrected chi connectivity index (χ3v) is 8.78. The first-order valence-electron chi connectivity index (χ1n) is 14.4. The van der Waals surface area contributed by atoms with Crippen LogP contribution in [0, 0.1) is 5.92 Å². The molecule has 4 aromatic carbocycles. The second-order valence-corrected chi connectivity index (χ2v) is 11.1. The molecule has 2 unspecified atom stereocenters. The number of allylic oxidation sites excluding steroid dienone is 7. The second kappa shape index (κ2) is 10.4. The number of hydrogen-bond donors (Lipinski definition) is 2. The summed E-state index contributed by atoms with van der Waals surface area (Å²) in [6, 6.07) is 33.3. The summed E-state index contributed by atoms with van der Waals surface area (Å²) in [6.45, 7) is 0. The molecule has 0 bridgehead atoms. The Balaban J connectivity index is 1.47. The fourth-order valence-electron chi connectivity index (χ4n) is 6.82. The maximum Gasteiger partial charge on any atom is 0.247 e. The van der Waals surface area contributed by atoms with Crippen molar-refractivity contribution in [1.29, 1.82) is 0 Å². The maximum absolute atomic E-state index is 15.2. The lowest BCUT2D eigenvalue weighted by Gasteiger charge is -2.38. The molecule has 42 heavy (non-hydrogen) atoms. The quantitative estimate of drug-likeness (QED) is 0.262. The SMILES string of the molecule is O=C1N(c2ccccc2)c2ccccc2C1(c1ccc(O)c(C2=CCCC=C2)c1)C1C=CC(O)=C(c2ccccc2)C1. The number of phenolic OH excluding ortho intramolecular Hbond substituents is 1. The van der Waals surface area contributed by atoms with Crippen LogP contribution < -0.4 is 4.90 Å². The highest BCUT2D eigenvalue weighted by molar-refractivity contribution is 6.15. The third-order valence-electron chi connectivity index (χ3n) is 8.78. The van der Waals surface area contributed by atoms with Crippen LogP contribution in [0.5, 0.6) is 5.75 Å². The van der Waals surface area contributed by atoms with Gasteiger partial charge in [-0.3, -0.25) is 9.69 Å². The summed E-state index contributed by atoms with van der Waals surface area (Å²) in [5.74, 6) is 0.0459. The van der Waals surface area contributed by atoms with Gasteiger partial charge < -0.3 is 10.2 Å². The number of carbonyl (C=O) groups is 1. The summed E-state index contributed by atoms with van der Waals surface area (Å²) in [7, 11) is 0. The van der Waals surface area contributed by atoms with Crippen LogP contribution in [-0.4, -0.2) is 16.1 Å². The molecule has 7 rings (SSSR count). The minimum Gasteiger partial charge on any atom is -0.508 e. The summed E-state index contributed by atoms with van der Waals surface area (Å²) < 4.78 is 0. The van der Waals surface area contributed by atoms with E-state index >= 15 is 4.79 Å². The van der Waals surface area contributed by atoms with Crippen molar-refractivity contribution in [3.63, 3.8) is 0 Å². The van der Waals surface area contributed by atoms with Gasteiger partial charge in [-0.25, -0.2) is 0 Å². The largest absolute Gasteiger partial charge is 0.508 e. The molecule has 2 atom stereocenters. The van der Waals surface area contributed by atoms with Crippen molar-refractivity contribution in [2.24, 2.45) is 5.92 Å². The van der Waals surface area contributed by atoms with Gasteiger partial charge in [0.2, 0.25) is 5.91 Å². The second-order valence-electron chi connectivity index (χ2n) is 11.1. The number of amides is 1. The molecule has 206 valence electrons. The van der Waals surface area contributed by atoms with Gasteiger partial charge in [-0.1, -0.05) is 97.1 Å².